The Hall–Kier alpha value is -1.41. The van der Waals surface area contributed by atoms with Crippen LogP contribution in [0.1, 0.15) is 20.8 Å². The molecule has 1 rings (SSSR count). The maximum atomic E-state index is 11.5. The van der Waals surface area contributed by atoms with E-state index >= 15 is 0 Å². The molecule has 19 heavy (non-hydrogen) atoms. The normalized spacial score (nSPS) is 11.0. The van der Waals surface area contributed by atoms with Gasteiger partial charge in [-0.3, -0.25) is 15.4 Å². The van der Waals surface area contributed by atoms with Crippen molar-refractivity contribution in [3.63, 3.8) is 0 Å². The fourth-order valence-electron chi connectivity index (χ4n) is 1.09. The Kier molecular flexibility index (Phi) is 4.70. The molecule has 1 N–H and O–H groups in total. The van der Waals surface area contributed by atoms with Crippen LogP contribution in [-0.4, -0.2) is 21.6 Å². The number of nitrogens with one attached hydrogen (secondary N) is 1. The van der Waals surface area contributed by atoms with Crippen LogP contribution >= 0.6 is 27.5 Å². The number of pyridine rings is 1. The molecule has 0 saturated heterocycles. The molecule has 1 amide bonds. The monoisotopic (exact) mass is 351 g/mol. The molecule has 0 aliphatic rings. The summed E-state index contributed by atoms with van der Waals surface area (Å²) >= 11 is 8.76. The lowest BCUT2D eigenvalue weighted by Crippen LogP contribution is -2.27. The molecule has 1 aromatic heterocycles. The van der Waals surface area contributed by atoms with Crippen LogP contribution in [0.15, 0.2) is 10.5 Å². The number of rotatable bonds is 2. The minimum atomic E-state index is -0.846. The van der Waals surface area contributed by atoms with E-state index in [4.69, 9.17) is 16.3 Å². The topological polar surface area (TPSA) is 94.4 Å². The summed E-state index contributed by atoms with van der Waals surface area (Å²) in [5, 5.41) is 13.1. The number of hydrogen-bond donors (Lipinski definition) is 1. The molecule has 9 heteroatoms. The highest BCUT2D eigenvalue weighted by molar-refractivity contribution is 9.10. The van der Waals surface area contributed by atoms with Crippen molar-refractivity contribution in [1.82, 2.24) is 4.98 Å². The summed E-state index contributed by atoms with van der Waals surface area (Å²) in [6.45, 7) is 5.01. The zero-order chi connectivity index (χ0) is 14.8. The maximum absolute atomic E-state index is 11.5. The quantitative estimate of drug-likeness (QED) is 0.497. The first-order valence-electron chi connectivity index (χ1n) is 5.10. The molecule has 0 bridgehead atoms. The molecule has 1 aromatic rings. The van der Waals surface area contributed by atoms with Gasteiger partial charge >= 0.3 is 11.8 Å². The second-order valence-electron chi connectivity index (χ2n) is 4.51. The first-order valence-corrected chi connectivity index (χ1v) is 6.27. The number of hydrogen-bond acceptors (Lipinski definition) is 5. The van der Waals surface area contributed by atoms with Gasteiger partial charge in [0.2, 0.25) is 5.82 Å². The fourth-order valence-corrected chi connectivity index (χ4v) is 1.53. The van der Waals surface area contributed by atoms with Gasteiger partial charge in [0.15, 0.2) is 0 Å². The van der Waals surface area contributed by atoms with Gasteiger partial charge in [-0.2, -0.15) is 0 Å². The number of anilines is 1. The van der Waals surface area contributed by atoms with Crippen molar-refractivity contribution < 1.29 is 14.5 Å². The van der Waals surface area contributed by atoms with Crippen LogP contribution in [0.25, 0.3) is 0 Å². The highest BCUT2D eigenvalue weighted by Gasteiger charge is 2.23. The number of nitro groups is 1. The van der Waals surface area contributed by atoms with Gasteiger partial charge in [-0.25, -0.2) is 9.78 Å². The van der Waals surface area contributed by atoms with Crippen molar-refractivity contribution in [3.05, 3.63) is 25.8 Å². The summed E-state index contributed by atoms with van der Waals surface area (Å²) in [5.74, 6) is -0.271. The molecule has 1 heterocycles. The van der Waals surface area contributed by atoms with Crippen molar-refractivity contribution in [2.45, 2.75) is 26.4 Å². The number of carbonyl (C=O) groups excluding carboxylic acids is 1. The van der Waals surface area contributed by atoms with Gasteiger partial charge < -0.3 is 4.74 Å². The van der Waals surface area contributed by atoms with Crippen LogP contribution in [0.2, 0.25) is 5.15 Å². The molecule has 0 aromatic carbocycles. The molecule has 0 fully saturated rings. The lowest BCUT2D eigenvalue weighted by atomic mass is 10.2. The number of aromatic nitrogens is 1. The van der Waals surface area contributed by atoms with Crippen molar-refractivity contribution >= 4 is 45.1 Å². The summed E-state index contributed by atoms with van der Waals surface area (Å²) in [6.07, 6.45) is -0.846. The minimum Gasteiger partial charge on any atom is -0.444 e. The van der Waals surface area contributed by atoms with E-state index in [1.807, 2.05) is 0 Å². The van der Waals surface area contributed by atoms with Gasteiger partial charge in [-0.15, -0.1) is 0 Å². The molecule has 104 valence electrons. The highest BCUT2D eigenvalue weighted by atomic mass is 79.9. The Morgan fingerprint density at radius 1 is 1.58 bits per heavy atom. The molecule has 0 unspecified atom stereocenters. The predicted octanol–water partition coefficient (Wildman–Crippen LogP) is 3.75. The zero-order valence-corrected chi connectivity index (χ0v) is 12.7. The number of amides is 1. The Balaban J connectivity index is 3.03. The number of ether oxygens (including phenoxy) is 1. The smallest absolute Gasteiger partial charge is 0.413 e. The van der Waals surface area contributed by atoms with Crippen LogP contribution < -0.4 is 5.32 Å². The van der Waals surface area contributed by atoms with Gasteiger partial charge in [0, 0.05) is 6.07 Å². The van der Waals surface area contributed by atoms with Crippen molar-refractivity contribution in [3.8, 4) is 0 Å². The number of halogens is 2. The Labute approximate surface area is 122 Å². The van der Waals surface area contributed by atoms with Crippen LogP contribution in [0.3, 0.4) is 0 Å². The van der Waals surface area contributed by atoms with Crippen LogP contribution in [0.4, 0.5) is 16.3 Å². The van der Waals surface area contributed by atoms with E-state index in [2.05, 4.69) is 26.2 Å². The third-order valence-electron chi connectivity index (χ3n) is 1.73. The van der Waals surface area contributed by atoms with E-state index in [0.717, 1.165) is 6.07 Å². The zero-order valence-electron chi connectivity index (χ0n) is 10.4. The van der Waals surface area contributed by atoms with Gasteiger partial charge in [-0.1, -0.05) is 11.6 Å². The van der Waals surface area contributed by atoms with E-state index in [9.17, 15) is 14.9 Å². The van der Waals surface area contributed by atoms with E-state index in [-0.39, 0.29) is 21.1 Å². The highest BCUT2D eigenvalue weighted by Crippen LogP contribution is 2.31. The van der Waals surface area contributed by atoms with Crippen LogP contribution in [0.5, 0.6) is 0 Å². The molecule has 0 saturated carbocycles. The lowest BCUT2D eigenvalue weighted by Gasteiger charge is -2.19. The third kappa shape index (κ3) is 4.64. The maximum Gasteiger partial charge on any atom is 0.413 e. The van der Waals surface area contributed by atoms with E-state index in [1.165, 1.54) is 0 Å². The molecular formula is C10H11BrClN3O4. The fraction of sp³-hybridized carbons (Fsp3) is 0.400. The molecule has 0 radical (unpaired) electrons. The molecule has 7 nitrogen and oxygen atoms in total. The Morgan fingerprint density at radius 3 is 2.63 bits per heavy atom. The summed E-state index contributed by atoms with van der Waals surface area (Å²) in [4.78, 5) is 25.5. The molecule has 0 spiro atoms. The minimum absolute atomic E-state index is 0.00309. The molecule has 0 aliphatic heterocycles. The Bertz CT molecular complexity index is 530. The van der Waals surface area contributed by atoms with Gasteiger partial charge in [0.1, 0.15) is 10.8 Å². The first kappa shape index (κ1) is 15.6. The average Bonchev–Trinajstić information content (AvgIpc) is 2.19. The summed E-state index contributed by atoms with van der Waals surface area (Å²) in [5.41, 5.74) is -1.11. The second-order valence-corrected chi connectivity index (χ2v) is 5.73. The largest absolute Gasteiger partial charge is 0.444 e. The van der Waals surface area contributed by atoms with E-state index in [1.54, 1.807) is 20.8 Å². The number of carbonyl (C=O) groups is 1. The summed E-state index contributed by atoms with van der Waals surface area (Å²) < 4.78 is 5.24. The SMILES string of the molecule is CC(C)(C)OC(=O)Nc1nc(Cl)c(Br)cc1[N+](=O)[O-]. The van der Waals surface area contributed by atoms with Crippen LogP contribution in [0, 0.1) is 10.1 Å². The van der Waals surface area contributed by atoms with Crippen molar-refractivity contribution in [2.24, 2.45) is 0 Å². The standard InChI is InChI=1S/C10H11BrClN3O4/c1-10(2,3)19-9(16)14-8-6(15(17)18)4-5(11)7(12)13-8/h4H,1-3H3,(H,13,14,16). The van der Waals surface area contributed by atoms with Gasteiger partial charge in [-0.05, 0) is 36.7 Å². The van der Waals surface area contributed by atoms with Crippen molar-refractivity contribution in [2.75, 3.05) is 5.32 Å². The van der Waals surface area contributed by atoms with Gasteiger partial charge in [0.05, 0.1) is 9.40 Å². The summed E-state index contributed by atoms with van der Waals surface area (Å²) in [6, 6.07) is 1.15. The molecule has 0 aliphatic carbocycles. The van der Waals surface area contributed by atoms with Gasteiger partial charge in [0.25, 0.3) is 0 Å². The molecule has 0 atom stereocenters. The number of nitrogens with zero attached hydrogens (tertiary/aromatic N) is 2. The lowest BCUT2D eigenvalue weighted by molar-refractivity contribution is -0.384. The third-order valence-corrected chi connectivity index (χ3v) is 2.85. The van der Waals surface area contributed by atoms with Crippen LogP contribution in [-0.2, 0) is 4.74 Å². The average molecular weight is 353 g/mol. The Morgan fingerprint density at radius 2 is 2.16 bits per heavy atom. The predicted molar refractivity (Wildman–Crippen MR) is 73.5 cm³/mol. The van der Waals surface area contributed by atoms with Crippen molar-refractivity contribution in [1.29, 1.82) is 0 Å². The van der Waals surface area contributed by atoms with E-state index in [0.29, 0.717) is 0 Å². The summed E-state index contributed by atoms with van der Waals surface area (Å²) in [7, 11) is 0. The second kappa shape index (κ2) is 5.70. The molecular weight excluding hydrogens is 341 g/mol. The van der Waals surface area contributed by atoms with E-state index < -0.39 is 16.6 Å². The first-order chi connectivity index (χ1) is 8.60.